The fraction of sp³-hybridized carbons (Fsp3) is 0.600. The SMILES string of the molecule is CC(C)(C)C1(c2cc(Cl)ccc2Br)CCCC1. The molecule has 2 rings (SSSR count). The number of benzene rings is 1. The van der Waals surface area contributed by atoms with Crippen LogP contribution in [0.5, 0.6) is 0 Å². The van der Waals surface area contributed by atoms with Crippen molar-refractivity contribution in [2.45, 2.75) is 51.9 Å². The van der Waals surface area contributed by atoms with E-state index in [1.165, 1.54) is 35.7 Å². The zero-order chi connectivity index (χ0) is 12.7. The van der Waals surface area contributed by atoms with Crippen LogP contribution in [0.1, 0.15) is 52.0 Å². The molecule has 2 heteroatoms. The summed E-state index contributed by atoms with van der Waals surface area (Å²) in [5, 5.41) is 0.846. The summed E-state index contributed by atoms with van der Waals surface area (Å²) in [6, 6.07) is 6.20. The van der Waals surface area contributed by atoms with Gasteiger partial charge in [0.2, 0.25) is 0 Å². The molecule has 0 atom stereocenters. The fourth-order valence-corrected chi connectivity index (χ4v) is 4.06. The smallest absolute Gasteiger partial charge is 0.0409 e. The van der Waals surface area contributed by atoms with Gasteiger partial charge in [-0.15, -0.1) is 0 Å². The first-order chi connectivity index (χ1) is 7.87. The topological polar surface area (TPSA) is 0 Å². The van der Waals surface area contributed by atoms with Gasteiger partial charge in [0.15, 0.2) is 0 Å². The van der Waals surface area contributed by atoms with Crippen LogP contribution >= 0.6 is 27.5 Å². The Balaban J connectivity index is 2.57. The van der Waals surface area contributed by atoms with Crippen molar-refractivity contribution in [2.24, 2.45) is 5.41 Å². The van der Waals surface area contributed by atoms with E-state index in [4.69, 9.17) is 11.6 Å². The second-order valence-electron chi connectivity index (χ2n) is 6.16. The highest BCUT2D eigenvalue weighted by molar-refractivity contribution is 9.10. The first kappa shape index (κ1) is 13.4. The Kier molecular flexibility index (Phi) is 3.62. The normalized spacial score (nSPS) is 19.6. The Morgan fingerprint density at radius 1 is 1.18 bits per heavy atom. The van der Waals surface area contributed by atoms with Gasteiger partial charge in [-0.05, 0) is 42.0 Å². The summed E-state index contributed by atoms with van der Waals surface area (Å²) in [4.78, 5) is 0. The Hall–Kier alpha value is -0.0100. The first-order valence-electron chi connectivity index (χ1n) is 6.32. The summed E-state index contributed by atoms with van der Waals surface area (Å²) in [7, 11) is 0. The van der Waals surface area contributed by atoms with Crippen molar-refractivity contribution in [3.8, 4) is 0 Å². The minimum Gasteiger partial charge on any atom is -0.0843 e. The van der Waals surface area contributed by atoms with E-state index in [0.29, 0.717) is 0 Å². The van der Waals surface area contributed by atoms with E-state index in [1.807, 2.05) is 6.07 Å². The molecular weight excluding hydrogens is 296 g/mol. The van der Waals surface area contributed by atoms with Crippen LogP contribution in [0.2, 0.25) is 5.02 Å². The molecule has 0 N–H and O–H groups in total. The zero-order valence-corrected chi connectivity index (χ0v) is 13.2. The quantitative estimate of drug-likeness (QED) is 0.599. The predicted molar refractivity (Wildman–Crippen MR) is 78.8 cm³/mol. The van der Waals surface area contributed by atoms with E-state index in [1.54, 1.807) is 0 Å². The van der Waals surface area contributed by atoms with Crippen LogP contribution in [0, 0.1) is 5.41 Å². The molecule has 0 amide bonds. The Bertz CT molecular complexity index is 411. The molecule has 17 heavy (non-hydrogen) atoms. The molecule has 1 aliphatic rings. The molecule has 1 aromatic rings. The summed E-state index contributed by atoms with van der Waals surface area (Å²) in [5.74, 6) is 0. The van der Waals surface area contributed by atoms with Crippen LogP contribution in [0.15, 0.2) is 22.7 Å². The molecule has 0 heterocycles. The summed E-state index contributed by atoms with van der Waals surface area (Å²) < 4.78 is 1.21. The highest BCUT2D eigenvalue weighted by Crippen LogP contribution is 2.54. The number of rotatable bonds is 1. The second kappa shape index (κ2) is 4.59. The van der Waals surface area contributed by atoms with Crippen LogP contribution in [0.4, 0.5) is 0 Å². The highest BCUT2D eigenvalue weighted by atomic mass is 79.9. The largest absolute Gasteiger partial charge is 0.0843 e. The fourth-order valence-electron chi connectivity index (χ4n) is 3.27. The van der Waals surface area contributed by atoms with Gasteiger partial charge in [0.25, 0.3) is 0 Å². The molecule has 0 nitrogen and oxygen atoms in total. The van der Waals surface area contributed by atoms with Crippen molar-refractivity contribution in [1.29, 1.82) is 0 Å². The van der Waals surface area contributed by atoms with Crippen LogP contribution < -0.4 is 0 Å². The molecule has 1 aromatic carbocycles. The highest BCUT2D eigenvalue weighted by Gasteiger charge is 2.46. The van der Waals surface area contributed by atoms with Gasteiger partial charge in [0.05, 0.1) is 0 Å². The lowest BCUT2D eigenvalue weighted by Gasteiger charge is -2.43. The molecule has 94 valence electrons. The van der Waals surface area contributed by atoms with E-state index in [2.05, 4.69) is 48.8 Å². The van der Waals surface area contributed by atoms with E-state index in [9.17, 15) is 0 Å². The van der Waals surface area contributed by atoms with Gasteiger partial charge < -0.3 is 0 Å². The predicted octanol–water partition coefficient (Wildman–Crippen LogP) is 5.96. The van der Waals surface area contributed by atoms with Crippen molar-refractivity contribution in [3.63, 3.8) is 0 Å². The van der Waals surface area contributed by atoms with Crippen molar-refractivity contribution >= 4 is 27.5 Å². The molecule has 0 radical (unpaired) electrons. The third-order valence-corrected chi connectivity index (χ3v) is 5.26. The van der Waals surface area contributed by atoms with Crippen molar-refractivity contribution < 1.29 is 0 Å². The lowest BCUT2D eigenvalue weighted by atomic mass is 9.61. The van der Waals surface area contributed by atoms with Crippen molar-refractivity contribution in [2.75, 3.05) is 0 Å². The molecule has 0 aromatic heterocycles. The lowest BCUT2D eigenvalue weighted by molar-refractivity contribution is 0.186. The first-order valence-corrected chi connectivity index (χ1v) is 7.49. The Morgan fingerprint density at radius 2 is 1.76 bits per heavy atom. The van der Waals surface area contributed by atoms with Crippen LogP contribution in [-0.2, 0) is 5.41 Å². The Labute approximate surface area is 118 Å². The van der Waals surface area contributed by atoms with Gasteiger partial charge in [-0.1, -0.05) is 61.1 Å². The van der Waals surface area contributed by atoms with Crippen LogP contribution in [-0.4, -0.2) is 0 Å². The van der Waals surface area contributed by atoms with Crippen LogP contribution in [0.3, 0.4) is 0 Å². The lowest BCUT2D eigenvalue weighted by Crippen LogP contribution is -2.37. The summed E-state index contributed by atoms with van der Waals surface area (Å²) in [6.45, 7) is 7.06. The Morgan fingerprint density at radius 3 is 2.29 bits per heavy atom. The molecular formula is C15H20BrCl. The monoisotopic (exact) mass is 314 g/mol. The van der Waals surface area contributed by atoms with Gasteiger partial charge in [0.1, 0.15) is 0 Å². The average Bonchev–Trinajstić information content (AvgIpc) is 2.71. The summed E-state index contributed by atoms with van der Waals surface area (Å²) >= 11 is 9.90. The number of hydrogen-bond donors (Lipinski definition) is 0. The minimum atomic E-state index is 0.275. The zero-order valence-electron chi connectivity index (χ0n) is 10.8. The molecule has 0 aliphatic heterocycles. The van der Waals surface area contributed by atoms with Gasteiger partial charge in [-0.2, -0.15) is 0 Å². The second-order valence-corrected chi connectivity index (χ2v) is 7.45. The number of halogens is 2. The van der Waals surface area contributed by atoms with E-state index >= 15 is 0 Å². The molecule has 0 unspecified atom stereocenters. The third kappa shape index (κ3) is 2.29. The van der Waals surface area contributed by atoms with Gasteiger partial charge in [-0.25, -0.2) is 0 Å². The third-order valence-electron chi connectivity index (χ3n) is 4.34. The molecule has 0 saturated heterocycles. The average molecular weight is 316 g/mol. The van der Waals surface area contributed by atoms with E-state index in [0.717, 1.165) is 5.02 Å². The van der Waals surface area contributed by atoms with Crippen molar-refractivity contribution in [3.05, 3.63) is 33.3 Å². The summed E-state index contributed by atoms with van der Waals surface area (Å²) in [5.41, 5.74) is 1.95. The maximum Gasteiger partial charge on any atom is 0.0409 e. The molecule has 0 bridgehead atoms. The van der Waals surface area contributed by atoms with Crippen LogP contribution in [0.25, 0.3) is 0 Å². The van der Waals surface area contributed by atoms with Gasteiger partial charge in [0, 0.05) is 14.9 Å². The standard InChI is InChI=1S/C15H20BrCl/c1-14(2,3)15(8-4-5-9-15)12-10-11(17)6-7-13(12)16/h6-7,10H,4-5,8-9H2,1-3H3. The molecule has 1 saturated carbocycles. The van der Waals surface area contributed by atoms with Crippen molar-refractivity contribution in [1.82, 2.24) is 0 Å². The molecule has 1 fully saturated rings. The molecule has 1 aliphatic carbocycles. The molecule has 0 spiro atoms. The van der Waals surface area contributed by atoms with Gasteiger partial charge >= 0.3 is 0 Å². The van der Waals surface area contributed by atoms with Gasteiger partial charge in [-0.3, -0.25) is 0 Å². The van der Waals surface area contributed by atoms with E-state index in [-0.39, 0.29) is 10.8 Å². The maximum atomic E-state index is 6.19. The minimum absolute atomic E-state index is 0.275. The maximum absolute atomic E-state index is 6.19. The van der Waals surface area contributed by atoms with E-state index < -0.39 is 0 Å². The summed E-state index contributed by atoms with van der Waals surface area (Å²) in [6.07, 6.45) is 5.21. The number of hydrogen-bond acceptors (Lipinski definition) is 0.